The third-order valence-corrected chi connectivity index (χ3v) is 3.49. The van der Waals surface area contributed by atoms with E-state index >= 15 is 0 Å². The minimum Gasteiger partial charge on any atom is -0.493 e. The zero-order chi connectivity index (χ0) is 15.2. The summed E-state index contributed by atoms with van der Waals surface area (Å²) >= 11 is 0. The summed E-state index contributed by atoms with van der Waals surface area (Å²) in [5.74, 6) is 1.18. The molecule has 2 rings (SSSR count). The lowest BCUT2D eigenvalue weighted by molar-refractivity contribution is 0.171. The lowest BCUT2D eigenvalue weighted by atomic mass is 10.0. The van der Waals surface area contributed by atoms with Crippen molar-refractivity contribution in [3.8, 4) is 11.5 Å². The van der Waals surface area contributed by atoms with Crippen LogP contribution in [-0.4, -0.2) is 24.3 Å². The van der Waals surface area contributed by atoms with Crippen LogP contribution in [0.15, 0.2) is 36.5 Å². The highest BCUT2D eigenvalue weighted by atomic mass is 16.5. The van der Waals surface area contributed by atoms with E-state index in [1.165, 1.54) is 5.56 Å². The van der Waals surface area contributed by atoms with Crippen LogP contribution < -0.4 is 9.47 Å². The molecule has 1 heterocycles. The van der Waals surface area contributed by atoms with Crippen LogP contribution >= 0.6 is 0 Å². The molecule has 0 saturated carbocycles. The summed E-state index contributed by atoms with van der Waals surface area (Å²) in [5, 5.41) is 10.5. The summed E-state index contributed by atoms with van der Waals surface area (Å²) in [5.41, 5.74) is 2.75. The first-order valence-corrected chi connectivity index (χ1v) is 7.02. The molecular formula is C17H21NO3. The second kappa shape index (κ2) is 7.09. The lowest BCUT2D eigenvalue weighted by Gasteiger charge is -2.17. The predicted octanol–water partition coefficient (Wildman–Crippen LogP) is 2.94. The van der Waals surface area contributed by atoms with Gasteiger partial charge >= 0.3 is 0 Å². The summed E-state index contributed by atoms with van der Waals surface area (Å²) in [6, 6.07) is 9.48. The van der Waals surface area contributed by atoms with E-state index in [2.05, 4.69) is 11.9 Å². The number of aryl methyl sites for hydroxylation is 1. The smallest absolute Gasteiger partial charge is 0.166 e. The van der Waals surface area contributed by atoms with E-state index in [4.69, 9.17) is 9.47 Å². The Morgan fingerprint density at radius 2 is 1.95 bits per heavy atom. The normalized spacial score (nSPS) is 12.0. The SMILES string of the molecule is CCc1ccc(CC(O)c2cccc(OC)c2OC)nc1. The van der Waals surface area contributed by atoms with Gasteiger partial charge in [-0.05, 0) is 24.1 Å². The van der Waals surface area contributed by atoms with Crippen molar-refractivity contribution >= 4 is 0 Å². The molecule has 0 aliphatic heterocycles. The maximum atomic E-state index is 10.5. The Labute approximate surface area is 125 Å². The van der Waals surface area contributed by atoms with Crippen LogP contribution in [0, 0.1) is 0 Å². The van der Waals surface area contributed by atoms with Crippen molar-refractivity contribution in [3.05, 3.63) is 53.3 Å². The topological polar surface area (TPSA) is 51.6 Å². The molecule has 0 aliphatic rings. The Bertz CT molecular complexity index is 581. The lowest BCUT2D eigenvalue weighted by Crippen LogP contribution is -2.06. The van der Waals surface area contributed by atoms with Crippen molar-refractivity contribution in [2.45, 2.75) is 25.9 Å². The second-order valence-electron chi connectivity index (χ2n) is 4.81. The first-order valence-electron chi connectivity index (χ1n) is 7.02. The fourth-order valence-corrected chi connectivity index (χ4v) is 2.27. The monoisotopic (exact) mass is 287 g/mol. The number of para-hydroxylation sites is 1. The Morgan fingerprint density at radius 1 is 1.14 bits per heavy atom. The van der Waals surface area contributed by atoms with Gasteiger partial charge < -0.3 is 14.6 Å². The molecule has 1 unspecified atom stereocenters. The number of aliphatic hydroxyl groups is 1. The molecule has 1 aromatic heterocycles. The zero-order valence-corrected chi connectivity index (χ0v) is 12.7. The molecule has 1 atom stereocenters. The number of ether oxygens (including phenoxy) is 2. The first-order chi connectivity index (χ1) is 10.2. The summed E-state index contributed by atoms with van der Waals surface area (Å²) < 4.78 is 10.6. The molecule has 4 nitrogen and oxygen atoms in total. The quantitative estimate of drug-likeness (QED) is 0.887. The highest BCUT2D eigenvalue weighted by molar-refractivity contribution is 5.47. The fraction of sp³-hybridized carbons (Fsp3) is 0.353. The summed E-state index contributed by atoms with van der Waals surface area (Å²) in [7, 11) is 3.15. The molecule has 0 amide bonds. The molecule has 1 N–H and O–H groups in total. The minimum atomic E-state index is -0.685. The average molecular weight is 287 g/mol. The van der Waals surface area contributed by atoms with Gasteiger partial charge in [-0.2, -0.15) is 0 Å². The van der Waals surface area contributed by atoms with Crippen LogP contribution in [0.5, 0.6) is 11.5 Å². The van der Waals surface area contributed by atoms with Gasteiger partial charge in [-0.1, -0.05) is 25.1 Å². The van der Waals surface area contributed by atoms with Crippen LogP contribution in [0.2, 0.25) is 0 Å². The zero-order valence-electron chi connectivity index (χ0n) is 12.7. The van der Waals surface area contributed by atoms with E-state index in [1.54, 1.807) is 14.2 Å². The maximum Gasteiger partial charge on any atom is 0.166 e. The van der Waals surface area contributed by atoms with Gasteiger partial charge in [0.2, 0.25) is 0 Å². The van der Waals surface area contributed by atoms with Gasteiger partial charge in [0.1, 0.15) is 0 Å². The fourth-order valence-electron chi connectivity index (χ4n) is 2.27. The first kappa shape index (κ1) is 15.3. The average Bonchev–Trinajstić information content (AvgIpc) is 2.54. The maximum absolute atomic E-state index is 10.5. The molecular weight excluding hydrogens is 266 g/mol. The van der Waals surface area contributed by atoms with Crippen LogP contribution in [0.1, 0.15) is 29.8 Å². The number of benzene rings is 1. The summed E-state index contributed by atoms with van der Waals surface area (Å²) in [6.07, 6.45) is 2.56. The molecule has 0 saturated heterocycles. The standard InChI is InChI=1S/C17H21NO3/c1-4-12-8-9-13(18-11-12)10-15(19)14-6-5-7-16(20-2)17(14)21-3/h5-9,11,15,19H,4,10H2,1-3H3. The van der Waals surface area contributed by atoms with Crippen LogP contribution in [0.25, 0.3) is 0 Å². The number of rotatable bonds is 6. The van der Waals surface area contributed by atoms with Crippen LogP contribution in [0.4, 0.5) is 0 Å². The van der Waals surface area contributed by atoms with Gasteiger partial charge in [0.25, 0.3) is 0 Å². The highest BCUT2D eigenvalue weighted by Crippen LogP contribution is 2.35. The van der Waals surface area contributed by atoms with E-state index in [0.717, 1.165) is 12.1 Å². The number of aliphatic hydroxyl groups excluding tert-OH is 1. The Kier molecular flexibility index (Phi) is 5.17. The molecule has 4 heteroatoms. The number of methoxy groups -OCH3 is 2. The predicted molar refractivity (Wildman–Crippen MR) is 81.8 cm³/mol. The number of hydrogen-bond donors (Lipinski definition) is 1. The van der Waals surface area contributed by atoms with Gasteiger partial charge in [0, 0.05) is 23.9 Å². The summed E-state index contributed by atoms with van der Waals surface area (Å²) in [4.78, 5) is 4.38. The van der Waals surface area contributed by atoms with Crippen molar-refractivity contribution in [1.82, 2.24) is 4.98 Å². The van der Waals surface area contributed by atoms with Gasteiger partial charge in [-0.15, -0.1) is 0 Å². The molecule has 2 aromatic rings. The van der Waals surface area contributed by atoms with Crippen molar-refractivity contribution in [3.63, 3.8) is 0 Å². The van der Waals surface area contributed by atoms with Gasteiger partial charge in [0.15, 0.2) is 11.5 Å². The van der Waals surface area contributed by atoms with Gasteiger partial charge in [-0.25, -0.2) is 0 Å². The highest BCUT2D eigenvalue weighted by Gasteiger charge is 2.17. The molecule has 1 aromatic carbocycles. The number of nitrogens with zero attached hydrogens (tertiary/aromatic N) is 1. The third kappa shape index (κ3) is 3.52. The number of pyridine rings is 1. The molecule has 0 bridgehead atoms. The molecule has 0 aliphatic carbocycles. The number of hydrogen-bond acceptors (Lipinski definition) is 4. The largest absolute Gasteiger partial charge is 0.493 e. The van der Waals surface area contributed by atoms with Crippen molar-refractivity contribution in [1.29, 1.82) is 0 Å². The van der Waals surface area contributed by atoms with Gasteiger partial charge in [0.05, 0.1) is 20.3 Å². The van der Waals surface area contributed by atoms with E-state index in [0.29, 0.717) is 23.5 Å². The molecule has 112 valence electrons. The van der Waals surface area contributed by atoms with Crippen molar-refractivity contribution < 1.29 is 14.6 Å². The van der Waals surface area contributed by atoms with E-state index in [-0.39, 0.29) is 0 Å². The Hall–Kier alpha value is -2.07. The van der Waals surface area contributed by atoms with E-state index in [1.807, 2.05) is 36.5 Å². The van der Waals surface area contributed by atoms with Crippen LogP contribution in [0.3, 0.4) is 0 Å². The van der Waals surface area contributed by atoms with Crippen LogP contribution in [-0.2, 0) is 12.8 Å². The van der Waals surface area contributed by atoms with E-state index < -0.39 is 6.10 Å². The molecule has 0 fully saturated rings. The minimum absolute atomic E-state index is 0.438. The molecule has 0 spiro atoms. The third-order valence-electron chi connectivity index (χ3n) is 3.49. The second-order valence-corrected chi connectivity index (χ2v) is 4.81. The molecule has 21 heavy (non-hydrogen) atoms. The van der Waals surface area contributed by atoms with E-state index in [9.17, 15) is 5.11 Å². The molecule has 0 radical (unpaired) electrons. The Morgan fingerprint density at radius 3 is 2.52 bits per heavy atom. The number of aromatic nitrogens is 1. The Balaban J connectivity index is 2.21. The van der Waals surface area contributed by atoms with Crippen molar-refractivity contribution in [2.24, 2.45) is 0 Å². The summed E-state index contributed by atoms with van der Waals surface area (Å²) in [6.45, 7) is 2.09. The van der Waals surface area contributed by atoms with Gasteiger partial charge in [-0.3, -0.25) is 4.98 Å². The van der Waals surface area contributed by atoms with Crippen molar-refractivity contribution in [2.75, 3.05) is 14.2 Å².